The third kappa shape index (κ3) is 3.62. The maximum absolute atomic E-state index is 6.12. The monoisotopic (exact) mass is 281 g/mol. The molecule has 1 aromatic carbocycles. The topological polar surface area (TPSA) is 30.5 Å². The van der Waals surface area contributed by atoms with Gasteiger partial charge in [0.1, 0.15) is 5.75 Å². The summed E-state index contributed by atoms with van der Waals surface area (Å²) in [5, 5.41) is 4.19. The molecule has 2 aliphatic rings. The summed E-state index contributed by atoms with van der Waals surface area (Å²) in [6.07, 6.45) is 3.66. The Kier molecular flexibility index (Phi) is 4.26. The molecule has 0 saturated heterocycles. The maximum atomic E-state index is 6.12. The average molecular weight is 282 g/mol. The Bertz CT molecular complexity index is 446. The van der Waals surface area contributed by atoms with Gasteiger partial charge in [-0.2, -0.15) is 0 Å². The van der Waals surface area contributed by atoms with Crippen LogP contribution < -0.4 is 10.1 Å². The van der Waals surface area contributed by atoms with Crippen molar-refractivity contribution in [1.82, 2.24) is 5.32 Å². The Morgan fingerprint density at radius 2 is 2.26 bits per heavy atom. The molecule has 1 aliphatic heterocycles. The summed E-state index contributed by atoms with van der Waals surface area (Å²) in [5.74, 6) is 1.86. The van der Waals surface area contributed by atoms with Crippen molar-refractivity contribution in [1.29, 1.82) is 0 Å². The quantitative estimate of drug-likeness (QED) is 0.780. The Morgan fingerprint density at radius 1 is 1.37 bits per heavy atom. The SMILES string of the molecule is Clc1cc2c(c(CNCCOCC3CC3)c1)OCC2. The van der Waals surface area contributed by atoms with Crippen LogP contribution >= 0.6 is 11.6 Å². The fraction of sp³-hybridized carbons (Fsp3) is 0.600. The number of halogens is 1. The van der Waals surface area contributed by atoms with Gasteiger partial charge in [-0.1, -0.05) is 11.6 Å². The van der Waals surface area contributed by atoms with E-state index in [1.807, 2.05) is 12.1 Å². The third-order valence-corrected chi connectivity index (χ3v) is 3.83. The summed E-state index contributed by atoms with van der Waals surface area (Å²) >= 11 is 6.12. The molecular formula is C15H20ClNO2. The molecule has 1 N–H and O–H groups in total. The van der Waals surface area contributed by atoms with Crippen molar-refractivity contribution in [3.05, 3.63) is 28.3 Å². The molecule has 1 aromatic rings. The fourth-order valence-electron chi connectivity index (χ4n) is 2.38. The molecule has 0 spiro atoms. The van der Waals surface area contributed by atoms with E-state index in [1.165, 1.54) is 18.4 Å². The Balaban J connectivity index is 1.44. The Labute approximate surface area is 119 Å². The highest BCUT2D eigenvalue weighted by atomic mass is 35.5. The van der Waals surface area contributed by atoms with Crippen molar-refractivity contribution < 1.29 is 9.47 Å². The van der Waals surface area contributed by atoms with E-state index in [1.54, 1.807) is 0 Å². The molecule has 1 fully saturated rings. The van der Waals surface area contributed by atoms with E-state index >= 15 is 0 Å². The first kappa shape index (κ1) is 13.2. The fourth-order valence-corrected chi connectivity index (χ4v) is 2.64. The van der Waals surface area contributed by atoms with Gasteiger partial charge in [-0.15, -0.1) is 0 Å². The molecule has 1 aliphatic carbocycles. The summed E-state index contributed by atoms with van der Waals surface area (Å²) in [6, 6.07) is 4.00. The molecule has 3 rings (SSSR count). The number of nitrogens with one attached hydrogen (secondary N) is 1. The summed E-state index contributed by atoms with van der Waals surface area (Å²) < 4.78 is 11.3. The van der Waals surface area contributed by atoms with Crippen LogP contribution in [0.2, 0.25) is 5.02 Å². The van der Waals surface area contributed by atoms with Crippen molar-refractivity contribution in [3.8, 4) is 5.75 Å². The lowest BCUT2D eigenvalue weighted by atomic mass is 10.1. The van der Waals surface area contributed by atoms with Crippen LogP contribution in [0, 0.1) is 5.92 Å². The second kappa shape index (κ2) is 6.12. The van der Waals surface area contributed by atoms with Crippen LogP contribution in [0.4, 0.5) is 0 Å². The number of hydrogen-bond donors (Lipinski definition) is 1. The van der Waals surface area contributed by atoms with E-state index < -0.39 is 0 Å². The Morgan fingerprint density at radius 3 is 3.11 bits per heavy atom. The van der Waals surface area contributed by atoms with Crippen LogP contribution in [-0.2, 0) is 17.7 Å². The van der Waals surface area contributed by atoms with Gasteiger partial charge in [0.25, 0.3) is 0 Å². The van der Waals surface area contributed by atoms with E-state index in [-0.39, 0.29) is 0 Å². The molecule has 0 amide bonds. The van der Waals surface area contributed by atoms with Crippen molar-refractivity contribution in [2.75, 3.05) is 26.4 Å². The van der Waals surface area contributed by atoms with Crippen molar-refractivity contribution >= 4 is 11.6 Å². The molecule has 0 unspecified atom stereocenters. The number of rotatable bonds is 7. The predicted molar refractivity (Wildman–Crippen MR) is 75.9 cm³/mol. The van der Waals surface area contributed by atoms with Gasteiger partial charge in [-0.05, 0) is 36.5 Å². The van der Waals surface area contributed by atoms with Crippen LogP contribution in [0.15, 0.2) is 12.1 Å². The van der Waals surface area contributed by atoms with Crippen molar-refractivity contribution in [2.45, 2.75) is 25.8 Å². The zero-order valence-electron chi connectivity index (χ0n) is 11.1. The average Bonchev–Trinajstić information content (AvgIpc) is 3.09. The lowest BCUT2D eigenvalue weighted by Crippen LogP contribution is -2.20. The zero-order valence-corrected chi connectivity index (χ0v) is 11.8. The largest absolute Gasteiger partial charge is 0.493 e. The molecule has 1 heterocycles. The molecular weight excluding hydrogens is 262 g/mol. The second-order valence-electron chi connectivity index (χ2n) is 5.35. The van der Waals surface area contributed by atoms with Gasteiger partial charge in [0, 0.05) is 36.7 Å². The van der Waals surface area contributed by atoms with E-state index in [0.717, 1.165) is 61.6 Å². The van der Waals surface area contributed by atoms with Gasteiger partial charge in [-0.25, -0.2) is 0 Å². The highest BCUT2D eigenvalue weighted by molar-refractivity contribution is 6.30. The van der Waals surface area contributed by atoms with Crippen LogP contribution in [0.25, 0.3) is 0 Å². The van der Waals surface area contributed by atoms with E-state index in [9.17, 15) is 0 Å². The van der Waals surface area contributed by atoms with Crippen LogP contribution in [0.3, 0.4) is 0 Å². The summed E-state index contributed by atoms with van der Waals surface area (Å²) in [7, 11) is 0. The van der Waals surface area contributed by atoms with Crippen molar-refractivity contribution in [2.24, 2.45) is 5.92 Å². The minimum absolute atomic E-state index is 0.771. The van der Waals surface area contributed by atoms with Gasteiger partial charge < -0.3 is 14.8 Å². The minimum Gasteiger partial charge on any atom is -0.493 e. The number of benzene rings is 1. The summed E-state index contributed by atoms with van der Waals surface area (Å²) in [6.45, 7) is 4.13. The molecule has 0 atom stereocenters. The summed E-state index contributed by atoms with van der Waals surface area (Å²) in [5.41, 5.74) is 2.39. The molecule has 0 aromatic heterocycles. The number of ether oxygens (including phenoxy) is 2. The minimum atomic E-state index is 0.771. The third-order valence-electron chi connectivity index (χ3n) is 3.61. The standard InChI is InChI=1S/C15H20ClNO2/c16-14-7-12-3-5-19-15(12)13(8-14)9-17-4-6-18-10-11-1-2-11/h7-8,11,17H,1-6,9-10H2. The van der Waals surface area contributed by atoms with Crippen molar-refractivity contribution in [3.63, 3.8) is 0 Å². The predicted octanol–water partition coefficient (Wildman–Crippen LogP) is 2.79. The van der Waals surface area contributed by atoms with E-state index in [4.69, 9.17) is 21.1 Å². The van der Waals surface area contributed by atoms with Crippen LogP contribution in [0.1, 0.15) is 24.0 Å². The highest BCUT2D eigenvalue weighted by Gasteiger charge is 2.21. The van der Waals surface area contributed by atoms with Crippen LogP contribution in [0.5, 0.6) is 5.75 Å². The first-order valence-electron chi connectivity index (χ1n) is 7.05. The van der Waals surface area contributed by atoms with Gasteiger partial charge in [0.05, 0.1) is 13.2 Å². The second-order valence-corrected chi connectivity index (χ2v) is 5.78. The number of hydrogen-bond acceptors (Lipinski definition) is 3. The lowest BCUT2D eigenvalue weighted by Gasteiger charge is -2.10. The first-order valence-corrected chi connectivity index (χ1v) is 7.43. The first-order chi connectivity index (χ1) is 9.33. The number of fused-ring (bicyclic) bond motifs is 1. The normalized spacial score (nSPS) is 17.3. The zero-order chi connectivity index (χ0) is 13.1. The molecule has 1 saturated carbocycles. The smallest absolute Gasteiger partial charge is 0.127 e. The van der Waals surface area contributed by atoms with Gasteiger partial charge in [0.2, 0.25) is 0 Å². The molecule has 4 heteroatoms. The van der Waals surface area contributed by atoms with E-state index in [2.05, 4.69) is 5.32 Å². The van der Waals surface area contributed by atoms with Gasteiger partial charge in [-0.3, -0.25) is 0 Å². The van der Waals surface area contributed by atoms with Gasteiger partial charge >= 0.3 is 0 Å². The molecule has 0 radical (unpaired) electrons. The molecule has 19 heavy (non-hydrogen) atoms. The van der Waals surface area contributed by atoms with E-state index in [0.29, 0.717) is 0 Å². The molecule has 104 valence electrons. The molecule has 0 bridgehead atoms. The molecule has 3 nitrogen and oxygen atoms in total. The lowest BCUT2D eigenvalue weighted by molar-refractivity contribution is 0.126. The highest BCUT2D eigenvalue weighted by Crippen LogP contribution is 2.32. The Hall–Kier alpha value is -0.770. The maximum Gasteiger partial charge on any atom is 0.127 e. The summed E-state index contributed by atoms with van der Waals surface area (Å²) in [4.78, 5) is 0. The van der Waals surface area contributed by atoms with Gasteiger partial charge in [0.15, 0.2) is 0 Å². The van der Waals surface area contributed by atoms with Crippen LogP contribution in [-0.4, -0.2) is 26.4 Å².